The zero-order valence-corrected chi connectivity index (χ0v) is 9.28. The summed E-state index contributed by atoms with van der Waals surface area (Å²) < 4.78 is 0. The van der Waals surface area contributed by atoms with Crippen molar-refractivity contribution in [3.05, 3.63) is 35.9 Å². The number of carbonyl (C=O) groups excluding carboxylic acids is 1. The van der Waals surface area contributed by atoms with Crippen LogP contribution in [0.15, 0.2) is 30.3 Å². The highest BCUT2D eigenvalue weighted by Crippen LogP contribution is 2.09. The van der Waals surface area contributed by atoms with Crippen LogP contribution < -0.4 is 0 Å². The number of rotatable bonds is 6. The smallest absolute Gasteiger partial charge is 0.221 e. The standard InChI is InChI=1S/C12H15ClO2/c13-12(15)8-4-7-11(14)9-10-5-2-1-3-6-10/h1-3,5-6,11,14H,4,7-9H2. The van der Waals surface area contributed by atoms with Gasteiger partial charge in [-0.05, 0) is 36.4 Å². The first-order valence-electron chi connectivity index (χ1n) is 5.09. The summed E-state index contributed by atoms with van der Waals surface area (Å²) in [5.74, 6) is 0. The highest BCUT2D eigenvalue weighted by atomic mass is 35.5. The molecule has 0 saturated heterocycles. The number of aliphatic hydroxyl groups excluding tert-OH is 1. The lowest BCUT2D eigenvalue weighted by Gasteiger charge is -2.09. The number of aliphatic hydroxyl groups is 1. The lowest BCUT2D eigenvalue weighted by molar-refractivity contribution is -0.111. The fraction of sp³-hybridized carbons (Fsp3) is 0.417. The van der Waals surface area contributed by atoms with Crippen LogP contribution in [0.4, 0.5) is 0 Å². The minimum absolute atomic E-state index is 0.332. The van der Waals surface area contributed by atoms with Crippen LogP contribution in [-0.2, 0) is 11.2 Å². The van der Waals surface area contributed by atoms with Gasteiger partial charge in [0, 0.05) is 6.42 Å². The molecule has 1 rings (SSSR count). The maximum absolute atomic E-state index is 10.5. The van der Waals surface area contributed by atoms with Crippen molar-refractivity contribution in [1.29, 1.82) is 0 Å². The maximum atomic E-state index is 10.5. The second-order valence-corrected chi connectivity index (χ2v) is 4.01. The van der Waals surface area contributed by atoms with E-state index < -0.39 is 0 Å². The van der Waals surface area contributed by atoms with Gasteiger partial charge in [0.15, 0.2) is 0 Å². The molecule has 1 atom stereocenters. The van der Waals surface area contributed by atoms with Crippen molar-refractivity contribution in [2.45, 2.75) is 31.8 Å². The summed E-state index contributed by atoms with van der Waals surface area (Å²) in [5, 5.41) is 9.33. The van der Waals surface area contributed by atoms with Gasteiger partial charge in [-0.3, -0.25) is 4.79 Å². The van der Waals surface area contributed by atoms with Crippen molar-refractivity contribution >= 4 is 16.8 Å². The normalized spacial score (nSPS) is 12.4. The summed E-state index contributed by atoms with van der Waals surface area (Å²) in [5.41, 5.74) is 1.11. The predicted molar refractivity (Wildman–Crippen MR) is 60.9 cm³/mol. The van der Waals surface area contributed by atoms with E-state index in [1.165, 1.54) is 0 Å². The molecule has 0 bridgehead atoms. The Morgan fingerprint density at radius 1 is 1.33 bits per heavy atom. The first-order chi connectivity index (χ1) is 7.18. The minimum Gasteiger partial charge on any atom is -0.393 e. The van der Waals surface area contributed by atoms with E-state index in [4.69, 9.17) is 11.6 Å². The van der Waals surface area contributed by atoms with Crippen LogP contribution in [0, 0.1) is 0 Å². The van der Waals surface area contributed by atoms with Gasteiger partial charge in [0.1, 0.15) is 0 Å². The molecule has 1 aromatic rings. The lowest BCUT2D eigenvalue weighted by atomic mass is 10.0. The molecule has 1 aromatic carbocycles. The van der Waals surface area contributed by atoms with E-state index in [1.807, 2.05) is 30.3 Å². The number of hydrogen-bond acceptors (Lipinski definition) is 2. The Morgan fingerprint density at radius 2 is 2.00 bits per heavy atom. The van der Waals surface area contributed by atoms with Crippen molar-refractivity contribution in [2.75, 3.05) is 0 Å². The molecule has 82 valence electrons. The topological polar surface area (TPSA) is 37.3 Å². The quantitative estimate of drug-likeness (QED) is 0.757. The van der Waals surface area contributed by atoms with E-state index in [1.54, 1.807) is 0 Å². The molecule has 0 radical (unpaired) electrons. The number of halogens is 1. The first kappa shape index (κ1) is 12.2. The molecule has 0 aliphatic rings. The predicted octanol–water partition coefficient (Wildman–Crippen LogP) is 2.53. The molecule has 0 amide bonds. The highest BCUT2D eigenvalue weighted by Gasteiger charge is 2.06. The zero-order valence-electron chi connectivity index (χ0n) is 8.53. The van der Waals surface area contributed by atoms with Gasteiger partial charge in [0.05, 0.1) is 6.10 Å². The van der Waals surface area contributed by atoms with E-state index in [0.29, 0.717) is 25.7 Å². The fourth-order valence-electron chi connectivity index (χ4n) is 1.46. The second-order valence-electron chi connectivity index (χ2n) is 3.59. The van der Waals surface area contributed by atoms with Crippen molar-refractivity contribution in [3.8, 4) is 0 Å². The summed E-state index contributed by atoms with van der Waals surface area (Å²) in [7, 11) is 0. The molecule has 0 saturated carbocycles. The molecule has 0 aliphatic carbocycles. The average molecular weight is 227 g/mol. The Hall–Kier alpha value is -0.860. The van der Waals surface area contributed by atoms with E-state index in [9.17, 15) is 9.90 Å². The summed E-state index contributed by atoms with van der Waals surface area (Å²) >= 11 is 5.20. The molecule has 0 fully saturated rings. The third-order valence-corrected chi connectivity index (χ3v) is 2.41. The van der Waals surface area contributed by atoms with Crippen LogP contribution in [0.3, 0.4) is 0 Å². The Balaban J connectivity index is 2.24. The molecule has 2 nitrogen and oxygen atoms in total. The van der Waals surface area contributed by atoms with Crippen LogP contribution >= 0.6 is 11.6 Å². The number of carbonyl (C=O) groups is 1. The molecule has 0 heterocycles. The Labute approximate surface area is 94.9 Å². The van der Waals surface area contributed by atoms with Gasteiger partial charge >= 0.3 is 0 Å². The molecule has 3 heteroatoms. The van der Waals surface area contributed by atoms with E-state index in [2.05, 4.69) is 0 Å². The minimum atomic E-state index is -0.386. The number of hydrogen-bond donors (Lipinski definition) is 1. The van der Waals surface area contributed by atoms with Crippen LogP contribution in [0.1, 0.15) is 24.8 Å². The maximum Gasteiger partial charge on any atom is 0.221 e. The zero-order chi connectivity index (χ0) is 11.1. The molecular weight excluding hydrogens is 212 g/mol. The molecule has 15 heavy (non-hydrogen) atoms. The number of benzene rings is 1. The van der Waals surface area contributed by atoms with E-state index in [-0.39, 0.29) is 11.3 Å². The SMILES string of the molecule is O=C(Cl)CCCC(O)Cc1ccccc1. The van der Waals surface area contributed by atoms with Gasteiger partial charge in [-0.25, -0.2) is 0 Å². The van der Waals surface area contributed by atoms with Crippen LogP contribution in [0.25, 0.3) is 0 Å². The monoisotopic (exact) mass is 226 g/mol. The summed E-state index contributed by atoms with van der Waals surface area (Å²) in [4.78, 5) is 10.5. The van der Waals surface area contributed by atoms with Crippen LogP contribution in [-0.4, -0.2) is 16.5 Å². The molecule has 1 N–H and O–H groups in total. The molecule has 0 spiro atoms. The Kier molecular flexibility index (Phi) is 5.37. The van der Waals surface area contributed by atoms with E-state index in [0.717, 1.165) is 5.56 Å². The molecular formula is C12H15ClO2. The van der Waals surface area contributed by atoms with Crippen LogP contribution in [0.5, 0.6) is 0 Å². The largest absolute Gasteiger partial charge is 0.393 e. The van der Waals surface area contributed by atoms with Crippen molar-refractivity contribution < 1.29 is 9.90 Å². The van der Waals surface area contributed by atoms with Gasteiger partial charge in [0.2, 0.25) is 5.24 Å². The third kappa shape index (κ3) is 5.55. The first-order valence-corrected chi connectivity index (χ1v) is 5.46. The van der Waals surface area contributed by atoms with Gasteiger partial charge in [-0.15, -0.1) is 0 Å². The molecule has 0 aliphatic heterocycles. The van der Waals surface area contributed by atoms with Gasteiger partial charge < -0.3 is 5.11 Å². The summed E-state index contributed by atoms with van der Waals surface area (Å²) in [6.45, 7) is 0. The van der Waals surface area contributed by atoms with Crippen LogP contribution in [0.2, 0.25) is 0 Å². The fourth-order valence-corrected chi connectivity index (χ4v) is 1.60. The third-order valence-electron chi connectivity index (χ3n) is 2.22. The summed E-state index contributed by atoms with van der Waals surface area (Å²) in [6, 6.07) is 9.81. The van der Waals surface area contributed by atoms with Gasteiger partial charge in [0.25, 0.3) is 0 Å². The highest BCUT2D eigenvalue weighted by molar-refractivity contribution is 6.63. The Morgan fingerprint density at radius 3 is 2.60 bits per heavy atom. The van der Waals surface area contributed by atoms with Gasteiger partial charge in [-0.2, -0.15) is 0 Å². The Bertz CT molecular complexity index is 298. The van der Waals surface area contributed by atoms with Gasteiger partial charge in [-0.1, -0.05) is 30.3 Å². The van der Waals surface area contributed by atoms with Crippen molar-refractivity contribution in [2.24, 2.45) is 0 Å². The average Bonchev–Trinajstić information content (AvgIpc) is 2.18. The lowest BCUT2D eigenvalue weighted by Crippen LogP contribution is -2.10. The van der Waals surface area contributed by atoms with Crippen molar-refractivity contribution in [3.63, 3.8) is 0 Å². The van der Waals surface area contributed by atoms with E-state index >= 15 is 0 Å². The summed E-state index contributed by atoms with van der Waals surface area (Å²) in [6.07, 6.45) is 1.86. The van der Waals surface area contributed by atoms with Crippen molar-refractivity contribution in [1.82, 2.24) is 0 Å². The second kappa shape index (κ2) is 6.59. The molecule has 0 aromatic heterocycles. The molecule has 1 unspecified atom stereocenters.